The van der Waals surface area contributed by atoms with Gasteiger partial charge >= 0.3 is 7.12 Å². The van der Waals surface area contributed by atoms with Crippen LogP contribution in [-0.4, -0.2) is 29.5 Å². The number of carbonyl (C=O) groups excluding carboxylic acids is 1. The largest absolute Gasteiger partial charge is 0.536 e. The fourth-order valence-electron chi connectivity index (χ4n) is 3.82. The first-order valence-electron chi connectivity index (χ1n) is 9.67. The first kappa shape index (κ1) is 18.7. The highest BCUT2D eigenvalue weighted by Crippen LogP contribution is 2.30. The fraction of sp³-hybridized carbons (Fsp3) is 0.273. The highest BCUT2D eigenvalue weighted by Gasteiger charge is 2.24. The van der Waals surface area contributed by atoms with Crippen molar-refractivity contribution in [2.75, 3.05) is 6.54 Å². The van der Waals surface area contributed by atoms with Crippen molar-refractivity contribution in [1.29, 1.82) is 0 Å². The second-order valence-corrected chi connectivity index (χ2v) is 7.32. The Hall–Kier alpha value is -2.70. The Labute approximate surface area is 164 Å². The van der Waals surface area contributed by atoms with Gasteiger partial charge in [-0.15, -0.1) is 0 Å². The van der Waals surface area contributed by atoms with Crippen molar-refractivity contribution < 1.29 is 14.5 Å². The molecule has 2 aromatic carbocycles. The van der Waals surface area contributed by atoms with Crippen LogP contribution in [-0.2, 0) is 17.6 Å². The number of aryl methyl sites for hydroxylation is 1. The van der Waals surface area contributed by atoms with Crippen molar-refractivity contribution in [3.05, 3.63) is 71.5 Å². The summed E-state index contributed by atoms with van der Waals surface area (Å²) < 4.78 is 5.56. The molecular formula is C22H23BN2O3. The van der Waals surface area contributed by atoms with Gasteiger partial charge in [-0.3, -0.25) is 9.78 Å². The number of nitrogens with zero attached hydrogens (tertiary/aromatic N) is 1. The fourth-order valence-corrected chi connectivity index (χ4v) is 3.82. The van der Waals surface area contributed by atoms with Gasteiger partial charge in [0, 0.05) is 30.7 Å². The summed E-state index contributed by atoms with van der Waals surface area (Å²) in [7, 11) is -0.762. The number of Topliss-reactive ketones (excluding diaryl/α,β-unsaturated/α-hetero) is 1. The van der Waals surface area contributed by atoms with Gasteiger partial charge in [0.2, 0.25) is 0 Å². The van der Waals surface area contributed by atoms with Gasteiger partial charge in [-0.1, -0.05) is 30.3 Å². The minimum Gasteiger partial charge on any atom is -0.536 e. The zero-order valence-corrected chi connectivity index (χ0v) is 15.7. The average molecular weight is 374 g/mol. The summed E-state index contributed by atoms with van der Waals surface area (Å²) in [5, 5.41) is 11.9. The third kappa shape index (κ3) is 3.93. The maximum Gasteiger partial charge on any atom is 0.522 e. The summed E-state index contributed by atoms with van der Waals surface area (Å²) in [5.74, 6) is 0.442. The maximum atomic E-state index is 13.0. The summed E-state index contributed by atoms with van der Waals surface area (Å²) in [5.41, 5.74) is 8.89. The van der Waals surface area contributed by atoms with E-state index in [1.54, 1.807) is 6.20 Å². The molecule has 6 heteroatoms. The van der Waals surface area contributed by atoms with E-state index in [0.29, 0.717) is 18.5 Å². The lowest BCUT2D eigenvalue weighted by Crippen LogP contribution is -2.23. The van der Waals surface area contributed by atoms with Crippen LogP contribution in [0.1, 0.15) is 29.0 Å². The molecule has 3 N–H and O–H groups in total. The smallest absolute Gasteiger partial charge is 0.522 e. The molecule has 142 valence electrons. The molecule has 1 aromatic heterocycles. The molecule has 0 saturated carbocycles. The van der Waals surface area contributed by atoms with E-state index in [0.717, 1.165) is 40.3 Å². The highest BCUT2D eigenvalue weighted by atomic mass is 16.5. The predicted molar refractivity (Wildman–Crippen MR) is 110 cm³/mol. The monoisotopic (exact) mass is 374 g/mol. The molecule has 2 heterocycles. The van der Waals surface area contributed by atoms with Crippen molar-refractivity contribution in [1.82, 2.24) is 4.98 Å². The van der Waals surface area contributed by atoms with E-state index in [-0.39, 0.29) is 18.2 Å². The third-order valence-electron chi connectivity index (χ3n) is 5.35. The zero-order valence-electron chi connectivity index (χ0n) is 15.7. The second kappa shape index (κ2) is 8.13. The van der Waals surface area contributed by atoms with Gasteiger partial charge in [0.25, 0.3) is 0 Å². The Balaban J connectivity index is 1.56. The van der Waals surface area contributed by atoms with Crippen LogP contribution < -0.4 is 10.4 Å². The number of aromatic nitrogens is 1. The summed E-state index contributed by atoms with van der Waals surface area (Å²) in [4.78, 5) is 17.1. The lowest BCUT2D eigenvalue weighted by molar-refractivity contribution is -0.119. The van der Waals surface area contributed by atoms with Gasteiger partial charge in [-0.05, 0) is 53.4 Å². The first-order valence-corrected chi connectivity index (χ1v) is 9.67. The van der Waals surface area contributed by atoms with Crippen LogP contribution in [0.25, 0.3) is 10.8 Å². The Morgan fingerprint density at radius 2 is 2.11 bits per heavy atom. The summed E-state index contributed by atoms with van der Waals surface area (Å²) in [6.07, 6.45) is 6.20. The predicted octanol–water partition coefficient (Wildman–Crippen LogP) is 2.89. The van der Waals surface area contributed by atoms with Gasteiger partial charge in [0.05, 0.1) is 5.92 Å². The number of hydrogen-bond acceptors (Lipinski definition) is 5. The number of hydrogen-bond donors (Lipinski definition) is 2. The van der Waals surface area contributed by atoms with E-state index in [1.165, 1.54) is 0 Å². The molecule has 0 fully saturated rings. The molecule has 0 spiro atoms. The number of rotatable bonds is 5. The van der Waals surface area contributed by atoms with Crippen molar-refractivity contribution in [2.45, 2.75) is 31.5 Å². The van der Waals surface area contributed by atoms with Crippen molar-refractivity contribution in [2.24, 2.45) is 5.73 Å². The van der Waals surface area contributed by atoms with Crippen LogP contribution in [0.5, 0.6) is 5.75 Å². The van der Waals surface area contributed by atoms with E-state index in [1.807, 2.05) is 48.7 Å². The molecule has 28 heavy (non-hydrogen) atoms. The first-order chi connectivity index (χ1) is 13.6. The van der Waals surface area contributed by atoms with Crippen molar-refractivity contribution >= 4 is 23.7 Å². The molecule has 0 bridgehead atoms. The molecule has 4 rings (SSSR count). The SMILES string of the molecule is NC[C@@H](C(=O)Cc1ccc2cnccc2c1)c1ccc2c(c1)CCCB(O)O2. The lowest BCUT2D eigenvalue weighted by Gasteiger charge is -2.17. The minimum atomic E-state index is -0.762. The Bertz CT molecular complexity index is 1010. The molecule has 1 aliphatic rings. The summed E-state index contributed by atoms with van der Waals surface area (Å²) >= 11 is 0. The van der Waals surface area contributed by atoms with E-state index in [9.17, 15) is 9.82 Å². The molecule has 0 saturated heterocycles. The van der Waals surface area contributed by atoms with Crippen molar-refractivity contribution in [3.8, 4) is 5.75 Å². The molecule has 1 atom stereocenters. The molecular weight excluding hydrogens is 351 g/mol. The zero-order chi connectivity index (χ0) is 19.5. The molecule has 0 radical (unpaired) electrons. The van der Waals surface area contributed by atoms with Gasteiger partial charge in [0.1, 0.15) is 11.5 Å². The number of carbonyl (C=O) groups is 1. The molecule has 0 aliphatic carbocycles. The molecule has 3 aromatic rings. The van der Waals surface area contributed by atoms with Crippen molar-refractivity contribution in [3.63, 3.8) is 0 Å². The number of fused-ring (bicyclic) bond motifs is 2. The lowest BCUT2D eigenvalue weighted by atomic mass is 9.83. The number of benzene rings is 2. The quantitative estimate of drug-likeness (QED) is 0.671. The van der Waals surface area contributed by atoms with Crippen LogP contribution in [0.15, 0.2) is 54.9 Å². The standard InChI is InChI=1S/C22H23BN2O3/c24-13-20(17-5-6-22-18(12-17)2-1-8-23(27)28-22)21(26)11-15-3-4-19-14-25-9-7-16(19)10-15/h3-7,9-10,12,14,20,27H,1-2,8,11,13,24H2/t20-/m1/s1. The van der Waals surface area contributed by atoms with Crippen LogP contribution >= 0.6 is 0 Å². The van der Waals surface area contributed by atoms with E-state index < -0.39 is 7.12 Å². The Kier molecular flexibility index (Phi) is 5.41. The minimum absolute atomic E-state index is 0.102. The van der Waals surface area contributed by atoms with Gasteiger partial charge in [-0.25, -0.2) is 0 Å². The van der Waals surface area contributed by atoms with Crippen LogP contribution in [0.2, 0.25) is 6.32 Å². The molecule has 0 unspecified atom stereocenters. The van der Waals surface area contributed by atoms with Gasteiger partial charge in [0.15, 0.2) is 0 Å². The molecule has 5 nitrogen and oxygen atoms in total. The molecule has 1 aliphatic heterocycles. The molecule has 0 amide bonds. The van der Waals surface area contributed by atoms with E-state index in [4.69, 9.17) is 10.4 Å². The van der Waals surface area contributed by atoms with E-state index in [2.05, 4.69) is 4.98 Å². The second-order valence-electron chi connectivity index (χ2n) is 7.32. The number of nitrogens with two attached hydrogens (primary N) is 1. The number of pyridine rings is 1. The number of ketones is 1. The van der Waals surface area contributed by atoms with E-state index >= 15 is 0 Å². The Morgan fingerprint density at radius 1 is 1.21 bits per heavy atom. The summed E-state index contributed by atoms with van der Waals surface area (Å²) in [6.45, 7) is 0.263. The highest BCUT2D eigenvalue weighted by molar-refractivity contribution is 6.43. The maximum absolute atomic E-state index is 13.0. The van der Waals surface area contributed by atoms with Crippen LogP contribution in [0.3, 0.4) is 0 Å². The summed E-state index contributed by atoms with van der Waals surface area (Å²) in [6, 6.07) is 13.7. The average Bonchev–Trinajstić information content (AvgIpc) is 2.88. The van der Waals surface area contributed by atoms with Gasteiger partial charge < -0.3 is 15.4 Å². The van der Waals surface area contributed by atoms with Crippen LogP contribution in [0.4, 0.5) is 0 Å². The Morgan fingerprint density at radius 3 is 2.96 bits per heavy atom. The normalized spacial score (nSPS) is 14.9. The topological polar surface area (TPSA) is 85.4 Å². The van der Waals surface area contributed by atoms with Crippen LogP contribution in [0, 0.1) is 0 Å². The van der Waals surface area contributed by atoms with Gasteiger partial charge in [-0.2, -0.15) is 0 Å². The third-order valence-corrected chi connectivity index (χ3v) is 5.35.